The summed E-state index contributed by atoms with van der Waals surface area (Å²) in [4.78, 5) is 31.3. The molecule has 0 saturated heterocycles. The number of hydrogen-bond acceptors (Lipinski definition) is 8. The molecule has 0 spiro atoms. The Balaban J connectivity index is 1.54. The zero-order valence-corrected chi connectivity index (χ0v) is 22.3. The fourth-order valence-corrected chi connectivity index (χ4v) is 6.08. The van der Waals surface area contributed by atoms with Gasteiger partial charge in [-0.2, -0.15) is 0 Å². The zero-order valence-electron chi connectivity index (χ0n) is 20.6. The Labute approximate surface area is 227 Å². The molecule has 0 saturated carbocycles. The number of pyridine rings is 2. The van der Waals surface area contributed by atoms with Crippen LogP contribution in [0.15, 0.2) is 84.4 Å². The van der Waals surface area contributed by atoms with Crippen LogP contribution in [0.25, 0.3) is 31.7 Å². The van der Waals surface area contributed by atoms with Gasteiger partial charge >= 0.3 is 0 Å². The first kappa shape index (κ1) is 24.0. The Morgan fingerprint density at radius 1 is 0.921 bits per heavy atom. The van der Waals surface area contributed by atoms with E-state index in [9.17, 15) is 4.79 Å². The molecule has 0 radical (unpaired) electrons. The van der Waals surface area contributed by atoms with E-state index in [1.807, 2.05) is 78.2 Å². The van der Waals surface area contributed by atoms with Crippen LogP contribution in [-0.2, 0) is 6.54 Å². The van der Waals surface area contributed by atoms with Crippen LogP contribution in [0.2, 0.25) is 0 Å². The number of methoxy groups -OCH3 is 2. The number of hydrogen-bond donors (Lipinski definition) is 0. The fraction of sp³-hybridized carbons (Fsp3) is 0.103. The summed E-state index contributed by atoms with van der Waals surface area (Å²) in [6, 6.07) is 22.9. The summed E-state index contributed by atoms with van der Waals surface area (Å²) < 4.78 is 12.0. The van der Waals surface area contributed by atoms with Gasteiger partial charge < -0.3 is 9.47 Å². The van der Waals surface area contributed by atoms with Crippen molar-refractivity contribution in [3.8, 4) is 22.1 Å². The van der Waals surface area contributed by atoms with Gasteiger partial charge in [-0.1, -0.05) is 41.7 Å². The van der Waals surface area contributed by atoms with Crippen LogP contribution in [0, 0.1) is 0 Å². The maximum atomic E-state index is 14.4. The monoisotopic (exact) mass is 538 g/mol. The lowest BCUT2D eigenvalue weighted by atomic mass is 10.1. The number of anilines is 1. The Hall–Kier alpha value is -4.34. The molecule has 188 valence electrons. The van der Waals surface area contributed by atoms with Gasteiger partial charge in [-0.05, 0) is 47.8 Å². The van der Waals surface area contributed by atoms with Crippen LogP contribution >= 0.6 is 22.7 Å². The molecule has 4 heterocycles. The Morgan fingerprint density at radius 2 is 1.74 bits per heavy atom. The van der Waals surface area contributed by atoms with E-state index in [0.717, 1.165) is 31.9 Å². The topological polar surface area (TPSA) is 77.4 Å². The lowest BCUT2D eigenvalue weighted by Crippen LogP contribution is -2.31. The van der Waals surface area contributed by atoms with Gasteiger partial charge in [0.25, 0.3) is 5.91 Å². The molecule has 0 N–H and O–H groups in total. The normalized spacial score (nSPS) is 11.1. The van der Waals surface area contributed by atoms with Gasteiger partial charge in [-0.3, -0.25) is 14.7 Å². The van der Waals surface area contributed by atoms with E-state index < -0.39 is 0 Å². The first-order chi connectivity index (χ1) is 18.7. The van der Waals surface area contributed by atoms with E-state index in [4.69, 9.17) is 19.4 Å². The van der Waals surface area contributed by atoms with Gasteiger partial charge in [0, 0.05) is 11.6 Å². The first-order valence-electron chi connectivity index (χ1n) is 11.8. The molecular weight excluding hydrogens is 516 g/mol. The minimum atomic E-state index is -0.191. The molecule has 7 nitrogen and oxygen atoms in total. The number of rotatable bonds is 7. The minimum Gasteiger partial charge on any atom is -0.495 e. The summed E-state index contributed by atoms with van der Waals surface area (Å²) in [5.74, 6) is 1.09. The lowest BCUT2D eigenvalue weighted by Gasteiger charge is -2.21. The Kier molecular flexibility index (Phi) is 6.45. The second kappa shape index (κ2) is 10.2. The van der Waals surface area contributed by atoms with Crippen molar-refractivity contribution in [2.45, 2.75) is 6.54 Å². The van der Waals surface area contributed by atoms with Crippen molar-refractivity contribution >= 4 is 54.8 Å². The summed E-state index contributed by atoms with van der Waals surface area (Å²) in [7, 11) is 3.22. The highest BCUT2D eigenvalue weighted by atomic mass is 32.1. The van der Waals surface area contributed by atoms with Crippen molar-refractivity contribution in [2.75, 3.05) is 19.1 Å². The molecule has 0 aliphatic rings. The second-order valence-corrected chi connectivity index (χ2v) is 10.3. The van der Waals surface area contributed by atoms with Gasteiger partial charge in [0.1, 0.15) is 21.7 Å². The number of aromatic nitrogens is 3. The molecule has 1 amide bonds. The molecule has 0 unspecified atom stereocenters. The molecule has 0 aliphatic heterocycles. The van der Waals surface area contributed by atoms with Gasteiger partial charge in [-0.25, -0.2) is 9.97 Å². The molecule has 0 fully saturated rings. The van der Waals surface area contributed by atoms with E-state index in [-0.39, 0.29) is 12.5 Å². The third-order valence-corrected chi connectivity index (χ3v) is 8.13. The van der Waals surface area contributed by atoms with Gasteiger partial charge in [0.2, 0.25) is 0 Å². The Morgan fingerprint density at radius 3 is 2.50 bits per heavy atom. The molecule has 6 aromatic rings. The predicted octanol–water partition coefficient (Wildman–Crippen LogP) is 6.83. The number of ether oxygens (including phenoxy) is 2. The largest absolute Gasteiger partial charge is 0.495 e. The number of thiophene rings is 1. The van der Waals surface area contributed by atoms with Gasteiger partial charge in [0.15, 0.2) is 5.13 Å². The molecule has 6 rings (SSSR count). The van der Waals surface area contributed by atoms with Crippen LogP contribution in [-0.4, -0.2) is 35.1 Å². The zero-order chi connectivity index (χ0) is 26.1. The maximum Gasteiger partial charge on any atom is 0.261 e. The van der Waals surface area contributed by atoms with Crippen molar-refractivity contribution in [2.24, 2.45) is 0 Å². The number of para-hydroxylation sites is 1. The summed E-state index contributed by atoms with van der Waals surface area (Å²) >= 11 is 2.97. The van der Waals surface area contributed by atoms with Crippen LogP contribution < -0.4 is 14.4 Å². The third kappa shape index (κ3) is 4.36. The van der Waals surface area contributed by atoms with Crippen LogP contribution in [0.1, 0.15) is 16.1 Å². The first-order valence-corrected chi connectivity index (χ1v) is 13.5. The summed E-state index contributed by atoms with van der Waals surface area (Å²) in [5.41, 5.74) is 3.45. The molecule has 38 heavy (non-hydrogen) atoms. The van der Waals surface area contributed by atoms with Crippen LogP contribution in [0.3, 0.4) is 0 Å². The van der Waals surface area contributed by atoms with Crippen LogP contribution in [0.4, 0.5) is 5.13 Å². The quantitative estimate of drug-likeness (QED) is 0.222. The van der Waals surface area contributed by atoms with Crippen molar-refractivity contribution in [3.05, 3.63) is 95.6 Å². The second-order valence-electron chi connectivity index (χ2n) is 8.41. The van der Waals surface area contributed by atoms with Gasteiger partial charge in [0.05, 0.1) is 48.1 Å². The maximum absolute atomic E-state index is 14.4. The highest BCUT2D eigenvalue weighted by molar-refractivity contribution is 7.22. The van der Waals surface area contributed by atoms with E-state index in [1.54, 1.807) is 36.7 Å². The number of fused-ring (bicyclic) bond motifs is 2. The molecule has 4 aromatic heterocycles. The number of nitrogens with zero attached hydrogens (tertiary/aromatic N) is 4. The summed E-state index contributed by atoms with van der Waals surface area (Å²) in [6.07, 6.45) is 1.72. The average molecular weight is 539 g/mol. The summed E-state index contributed by atoms with van der Waals surface area (Å²) in [5, 5.41) is 3.31. The highest BCUT2D eigenvalue weighted by Gasteiger charge is 2.26. The lowest BCUT2D eigenvalue weighted by molar-refractivity contribution is 0.0986. The third-order valence-electron chi connectivity index (χ3n) is 6.14. The van der Waals surface area contributed by atoms with E-state index in [1.165, 1.54) is 11.3 Å². The molecule has 0 atom stereocenters. The smallest absolute Gasteiger partial charge is 0.261 e. The van der Waals surface area contributed by atoms with Crippen molar-refractivity contribution in [3.63, 3.8) is 0 Å². The van der Waals surface area contributed by atoms with E-state index in [2.05, 4.69) is 4.98 Å². The van der Waals surface area contributed by atoms with Crippen molar-refractivity contribution < 1.29 is 14.3 Å². The SMILES string of the molecule is COc1ccc(OC)c2sc(N(Cc3ccccn3)C(=O)c3cc(-c4cccs4)nc4ccccc34)nc12. The fourth-order valence-electron chi connectivity index (χ4n) is 4.32. The number of carbonyl (C=O) groups excluding carboxylic acids is 1. The summed E-state index contributed by atoms with van der Waals surface area (Å²) in [6.45, 7) is 0.245. The number of carbonyl (C=O) groups is 1. The molecule has 0 aliphatic carbocycles. The highest BCUT2D eigenvalue weighted by Crippen LogP contribution is 2.41. The van der Waals surface area contributed by atoms with E-state index >= 15 is 0 Å². The molecular formula is C29H22N4O3S2. The Bertz CT molecular complexity index is 1710. The van der Waals surface area contributed by atoms with E-state index in [0.29, 0.717) is 27.7 Å². The number of amides is 1. The van der Waals surface area contributed by atoms with Crippen LogP contribution in [0.5, 0.6) is 11.5 Å². The molecule has 0 bridgehead atoms. The number of thiazole rings is 1. The predicted molar refractivity (Wildman–Crippen MR) is 153 cm³/mol. The minimum absolute atomic E-state index is 0.191. The molecule has 9 heteroatoms. The average Bonchev–Trinajstić information content (AvgIpc) is 3.66. The molecule has 2 aromatic carbocycles. The number of benzene rings is 2. The van der Waals surface area contributed by atoms with Gasteiger partial charge in [-0.15, -0.1) is 11.3 Å². The van der Waals surface area contributed by atoms with Crippen molar-refractivity contribution in [1.82, 2.24) is 15.0 Å². The standard InChI is InChI=1S/C29H22N4O3S2/c1-35-23-12-13-24(36-2)27-26(23)32-29(38-27)33(17-18-8-5-6-14-30-18)28(34)20-16-22(25-11-7-15-37-25)31-21-10-4-3-9-19(20)21/h3-16H,17H2,1-2H3. The van der Waals surface area contributed by atoms with Crippen molar-refractivity contribution in [1.29, 1.82) is 0 Å².